The summed E-state index contributed by atoms with van der Waals surface area (Å²) in [4.78, 5) is 23.9. The molecular formula is C20H16F2O6. The zero-order valence-corrected chi connectivity index (χ0v) is 14.6. The zero-order valence-electron chi connectivity index (χ0n) is 14.6. The van der Waals surface area contributed by atoms with Gasteiger partial charge in [0, 0.05) is 11.6 Å². The van der Waals surface area contributed by atoms with Crippen molar-refractivity contribution in [3.8, 4) is 17.2 Å². The lowest BCUT2D eigenvalue weighted by Gasteiger charge is -2.18. The molecule has 0 amide bonds. The van der Waals surface area contributed by atoms with Gasteiger partial charge >= 0.3 is 12.6 Å². The van der Waals surface area contributed by atoms with E-state index < -0.39 is 19.2 Å². The molecule has 3 rings (SSSR count). The molecule has 0 saturated heterocycles. The van der Waals surface area contributed by atoms with E-state index in [2.05, 4.69) is 4.74 Å². The van der Waals surface area contributed by atoms with Crippen LogP contribution in [0.2, 0.25) is 0 Å². The molecule has 0 unspecified atom stereocenters. The van der Waals surface area contributed by atoms with Crippen LogP contribution >= 0.6 is 0 Å². The van der Waals surface area contributed by atoms with Gasteiger partial charge in [0.15, 0.2) is 23.9 Å². The number of rotatable bonds is 7. The minimum Gasteiger partial charge on any atom is -0.486 e. The fourth-order valence-electron chi connectivity index (χ4n) is 2.41. The second-order valence-electron chi connectivity index (χ2n) is 5.67. The van der Waals surface area contributed by atoms with Gasteiger partial charge in [0.25, 0.3) is 0 Å². The van der Waals surface area contributed by atoms with Gasteiger partial charge in [0.2, 0.25) is 0 Å². The number of ether oxygens (including phenoxy) is 4. The third-order valence-corrected chi connectivity index (χ3v) is 3.73. The van der Waals surface area contributed by atoms with E-state index in [0.29, 0.717) is 35.8 Å². The van der Waals surface area contributed by atoms with E-state index in [4.69, 9.17) is 14.2 Å². The number of alkyl halides is 2. The van der Waals surface area contributed by atoms with Crippen molar-refractivity contribution in [3.63, 3.8) is 0 Å². The molecule has 0 fully saturated rings. The summed E-state index contributed by atoms with van der Waals surface area (Å²) in [6.45, 7) is -2.47. The molecule has 0 saturated carbocycles. The summed E-state index contributed by atoms with van der Waals surface area (Å²) in [7, 11) is 0. The van der Waals surface area contributed by atoms with Crippen molar-refractivity contribution in [2.75, 3.05) is 19.8 Å². The van der Waals surface area contributed by atoms with Crippen LogP contribution in [0.5, 0.6) is 17.2 Å². The lowest BCUT2D eigenvalue weighted by atomic mass is 10.1. The van der Waals surface area contributed by atoms with Gasteiger partial charge < -0.3 is 18.9 Å². The normalized spacial score (nSPS) is 12.8. The first kappa shape index (κ1) is 19.3. The fourth-order valence-corrected chi connectivity index (χ4v) is 2.41. The largest absolute Gasteiger partial charge is 0.486 e. The number of carbonyl (C=O) groups excluding carboxylic acids is 2. The highest BCUT2D eigenvalue weighted by atomic mass is 19.3. The highest BCUT2D eigenvalue weighted by molar-refractivity contribution is 5.99. The molecule has 0 bridgehead atoms. The molecule has 0 spiro atoms. The predicted molar refractivity (Wildman–Crippen MR) is 94.8 cm³/mol. The molecule has 28 heavy (non-hydrogen) atoms. The Morgan fingerprint density at radius 1 is 1.04 bits per heavy atom. The van der Waals surface area contributed by atoms with Gasteiger partial charge in [-0.05, 0) is 42.0 Å². The molecule has 0 N–H and O–H groups in total. The van der Waals surface area contributed by atoms with Crippen molar-refractivity contribution in [1.82, 2.24) is 0 Å². The number of hydrogen-bond donors (Lipinski definition) is 0. The standard InChI is InChI=1S/C20H16F2O6/c21-20(22)28-15-5-1-13(2-6-15)3-8-19(24)27-12-16(23)14-4-7-17-18(11-14)26-10-9-25-17/h1-8,11,20H,9-10,12H2/b8-3+. The molecule has 0 radical (unpaired) electrons. The van der Waals surface area contributed by atoms with Gasteiger partial charge in [0.05, 0.1) is 0 Å². The van der Waals surface area contributed by atoms with Crippen molar-refractivity contribution in [3.05, 3.63) is 59.7 Å². The fraction of sp³-hybridized carbons (Fsp3) is 0.200. The number of Topliss-reactive ketones (excluding diaryl/α,β-unsaturated/α-hetero) is 1. The van der Waals surface area contributed by atoms with Gasteiger partial charge in [-0.2, -0.15) is 8.78 Å². The number of benzene rings is 2. The monoisotopic (exact) mass is 390 g/mol. The second kappa shape index (κ2) is 8.98. The Balaban J connectivity index is 1.51. The molecule has 1 heterocycles. The Labute approximate surface area is 159 Å². The van der Waals surface area contributed by atoms with E-state index >= 15 is 0 Å². The first-order valence-corrected chi connectivity index (χ1v) is 8.34. The topological polar surface area (TPSA) is 71.1 Å². The molecule has 0 aromatic heterocycles. The molecule has 2 aromatic rings. The van der Waals surface area contributed by atoms with E-state index in [1.54, 1.807) is 18.2 Å². The number of ketones is 1. The molecule has 0 atom stereocenters. The Kier molecular flexibility index (Phi) is 6.21. The smallest absolute Gasteiger partial charge is 0.387 e. The summed E-state index contributed by atoms with van der Waals surface area (Å²) < 4.78 is 44.1. The maximum absolute atomic E-state index is 12.2. The molecular weight excluding hydrogens is 374 g/mol. The first-order valence-electron chi connectivity index (χ1n) is 8.34. The van der Waals surface area contributed by atoms with Gasteiger partial charge in [0.1, 0.15) is 19.0 Å². The lowest BCUT2D eigenvalue weighted by molar-refractivity contribution is -0.136. The number of carbonyl (C=O) groups is 2. The van der Waals surface area contributed by atoms with Crippen LogP contribution < -0.4 is 14.2 Å². The molecule has 146 valence electrons. The van der Waals surface area contributed by atoms with Crippen LogP contribution in [-0.2, 0) is 9.53 Å². The van der Waals surface area contributed by atoms with Gasteiger partial charge in [-0.1, -0.05) is 12.1 Å². The van der Waals surface area contributed by atoms with Gasteiger partial charge in [-0.3, -0.25) is 4.79 Å². The second-order valence-corrected chi connectivity index (χ2v) is 5.67. The van der Waals surface area contributed by atoms with Crippen molar-refractivity contribution >= 4 is 17.8 Å². The van der Waals surface area contributed by atoms with Crippen molar-refractivity contribution in [1.29, 1.82) is 0 Å². The minimum absolute atomic E-state index is 0.0137. The van der Waals surface area contributed by atoms with Gasteiger partial charge in [-0.15, -0.1) is 0 Å². The summed E-state index contributed by atoms with van der Waals surface area (Å²) in [6.07, 6.45) is 2.57. The van der Waals surface area contributed by atoms with E-state index in [0.717, 1.165) is 6.08 Å². The average Bonchev–Trinajstić information content (AvgIpc) is 2.70. The number of fused-ring (bicyclic) bond motifs is 1. The molecule has 1 aliphatic heterocycles. The Morgan fingerprint density at radius 2 is 1.75 bits per heavy atom. The summed E-state index contributed by atoms with van der Waals surface area (Å²) >= 11 is 0. The summed E-state index contributed by atoms with van der Waals surface area (Å²) in [5, 5.41) is 0. The average molecular weight is 390 g/mol. The quantitative estimate of drug-likeness (QED) is 0.409. The Morgan fingerprint density at radius 3 is 2.46 bits per heavy atom. The zero-order chi connectivity index (χ0) is 19.9. The maximum atomic E-state index is 12.2. The van der Waals surface area contributed by atoms with Crippen LogP contribution in [-0.4, -0.2) is 38.2 Å². The maximum Gasteiger partial charge on any atom is 0.387 e. The number of halogens is 2. The molecule has 0 aliphatic carbocycles. The first-order chi connectivity index (χ1) is 13.5. The van der Waals surface area contributed by atoms with E-state index in [1.165, 1.54) is 30.3 Å². The SMILES string of the molecule is O=C(/C=C/c1ccc(OC(F)F)cc1)OCC(=O)c1ccc2c(c1)OCCO2. The van der Waals surface area contributed by atoms with Crippen molar-refractivity contribution in [2.24, 2.45) is 0 Å². The van der Waals surface area contributed by atoms with Crippen LogP contribution in [0.25, 0.3) is 6.08 Å². The van der Waals surface area contributed by atoms with Crippen LogP contribution in [0.4, 0.5) is 8.78 Å². The Bertz CT molecular complexity index is 877. The molecule has 2 aromatic carbocycles. The lowest BCUT2D eigenvalue weighted by Crippen LogP contribution is -2.17. The number of hydrogen-bond acceptors (Lipinski definition) is 6. The third kappa shape index (κ3) is 5.29. The van der Waals surface area contributed by atoms with Gasteiger partial charge in [-0.25, -0.2) is 4.79 Å². The van der Waals surface area contributed by atoms with Crippen molar-refractivity contribution < 1.29 is 37.3 Å². The molecule has 1 aliphatic rings. The summed E-state index contributed by atoms with van der Waals surface area (Å²) in [5.74, 6) is -0.0407. The van der Waals surface area contributed by atoms with Crippen LogP contribution in [0.1, 0.15) is 15.9 Å². The highest BCUT2D eigenvalue weighted by Gasteiger charge is 2.15. The summed E-state index contributed by atoms with van der Waals surface area (Å²) in [6, 6.07) is 10.5. The Hall–Kier alpha value is -3.42. The third-order valence-electron chi connectivity index (χ3n) is 3.73. The number of esters is 1. The predicted octanol–water partition coefficient (Wildman–Crippen LogP) is 3.50. The van der Waals surface area contributed by atoms with Crippen molar-refractivity contribution in [2.45, 2.75) is 6.61 Å². The molecule has 6 nitrogen and oxygen atoms in total. The van der Waals surface area contributed by atoms with E-state index in [1.807, 2.05) is 0 Å². The van der Waals surface area contributed by atoms with E-state index in [9.17, 15) is 18.4 Å². The minimum atomic E-state index is -2.90. The summed E-state index contributed by atoms with van der Waals surface area (Å²) in [5.41, 5.74) is 0.923. The van der Waals surface area contributed by atoms with Crippen LogP contribution in [0.3, 0.4) is 0 Å². The highest BCUT2D eigenvalue weighted by Crippen LogP contribution is 2.30. The van der Waals surface area contributed by atoms with E-state index in [-0.39, 0.29) is 11.5 Å². The van der Waals surface area contributed by atoms with Crippen LogP contribution in [0.15, 0.2) is 48.5 Å². The molecule has 8 heteroatoms. The van der Waals surface area contributed by atoms with Crippen LogP contribution in [0, 0.1) is 0 Å².